The molecule has 0 bridgehead atoms. The van der Waals surface area contributed by atoms with E-state index < -0.39 is 10.0 Å². The molecule has 0 spiro atoms. The Labute approximate surface area is 130 Å². The van der Waals surface area contributed by atoms with Gasteiger partial charge in [0.05, 0.1) is 5.25 Å². The molecule has 0 radical (unpaired) electrons. The van der Waals surface area contributed by atoms with E-state index in [1.807, 2.05) is 24.3 Å². The van der Waals surface area contributed by atoms with Crippen LogP contribution in [-0.4, -0.2) is 36.8 Å². The summed E-state index contributed by atoms with van der Waals surface area (Å²) in [4.78, 5) is 0. The first-order valence-electron chi connectivity index (χ1n) is 6.78. The molecule has 1 fully saturated rings. The molecular weight excluding hydrogens is 314 g/mol. The SMILES string of the molecule is CC(C)S(=O)(=O)N1CCS[C@H](c2ccccc2Cl)CC1. The number of thioether (sulfide) groups is 1. The molecule has 20 heavy (non-hydrogen) atoms. The van der Waals surface area contributed by atoms with Crippen LogP contribution in [0.1, 0.15) is 31.1 Å². The number of rotatable bonds is 3. The van der Waals surface area contributed by atoms with Gasteiger partial charge in [-0.1, -0.05) is 29.8 Å². The van der Waals surface area contributed by atoms with Gasteiger partial charge in [-0.2, -0.15) is 11.8 Å². The van der Waals surface area contributed by atoms with Gasteiger partial charge in [0.1, 0.15) is 0 Å². The average Bonchev–Trinajstić information content (AvgIpc) is 2.65. The number of hydrogen-bond donors (Lipinski definition) is 0. The topological polar surface area (TPSA) is 37.4 Å². The maximum absolute atomic E-state index is 12.2. The second kappa shape index (κ2) is 6.69. The fraction of sp³-hybridized carbons (Fsp3) is 0.571. The van der Waals surface area contributed by atoms with Crippen molar-refractivity contribution >= 4 is 33.4 Å². The molecule has 1 aliphatic rings. The summed E-state index contributed by atoms with van der Waals surface area (Å²) in [5.74, 6) is 0.807. The number of sulfonamides is 1. The van der Waals surface area contributed by atoms with E-state index in [1.54, 1.807) is 29.9 Å². The van der Waals surface area contributed by atoms with Crippen LogP contribution in [0.4, 0.5) is 0 Å². The highest BCUT2D eigenvalue weighted by atomic mass is 35.5. The van der Waals surface area contributed by atoms with E-state index in [4.69, 9.17) is 11.6 Å². The van der Waals surface area contributed by atoms with Crippen LogP contribution in [0, 0.1) is 0 Å². The lowest BCUT2D eigenvalue weighted by Crippen LogP contribution is -2.37. The lowest BCUT2D eigenvalue weighted by atomic mass is 10.1. The van der Waals surface area contributed by atoms with Crippen molar-refractivity contribution in [2.45, 2.75) is 30.8 Å². The van der Waals surface area contributed by atoms with Crippen molar-refractivity contribution in [2.75, 3.05) is 18.8 Å². The van der Waals surface area contributed by atoms with Gasteiger partial charge < -0.3 is 0 Å². The van der Waals surface area contributed by atoms with E-state index in [-0.39, 0.29) is 10.5 Å². The lowest BCUT2D eigenvalue weighted by molar-refractivity contribution is 0.422. The second-order valence-corrected chi connectivity index (χ2v) is 9.37. The van der Waals surface area contributed by atoms with Crippen LogP contribution in [0.3, 0.4) is 0 Å². The predicted molar refractivity (Wildman–Crippen MR) is 86.9 cm³/mol. The predicted octanol–water partition coefficient (Wildman–Crippen LogP) is 3.56. The van der Waals surface area contributed by atoms with Crippen molar-refractivity contribution in [3.05, 3.63) is 34.9 Å². The normalized spacial score (nSPS) is 21.9. The molecule has 1 aliphatic heterocycles. The summed E-state index contributed by atoms with van der Waals surface area (Å²) in [7, 11) is -3.15. The molecule has 2 rings (SSSR count). The van der Waals surface area contributed by atoms with Crippen LogP contribution in [0.5, 0.6) is 0 Å². The summed E-state index contributed by atoms with van der Waals surface area (Å²) >= 11 is 8.03. The van der Waals surface area contributed by atoms with Gasteiger partial charge in [-0.05, 0) is 31.9 Å². The van der Waals surface area contributed by atoms with Gasteiger partial charge in [-0.25, -0.2) is 12.7 Å². The first kappa shape index (κ1) is 16.1. The molecule has 0 aromatic heterocycles. The first-order valence-corrected chi connectivity index (χ1v) is 9.71. The van der Waals surface area contributed by atoms with Gasteiger partial charge in [0, 0.05) is 29.1 Å². The van der Waals surface area contributed by atoms with Crippen LogP contribution in [0.15, 0.2) is 24.3 Å². The van der Waals surface area contributed by atoms with Gasteiger partial charge >= 0.3 is 0 Å². The second-order valence-electron chi connectivity index (χ2n) is 5.16. The van der Waals surface area contributed by atoms with E-state index in [9.17, 15) is 8.42 Å². The monoisotopic (exact) mass is 333 g/mol. The van der Waals surface area contributed by atoms with Crippen LogP contribution in [0.25, 0.3) is 0 Å². The van der Waals surface area contributed by atoms with E-state index >= 15 is 0 Å². The minimum absolute atomic E-state index is 0.274. The molecule has 1 saturated heterocycles. The standard InChI is InChI=1S/C14H20ClNO2S2/c1-11(2)20(17,18)16-8-7-14(19-10-9-16)12-5-3-4-6-13(12)15/h3-6,11,14H,7-10H2,1-2H3/t14-/m0/s1. The average molecular weight is 334 g/mol. The Morgan fingerprint density at radius 2 is 2.00 bits per heavy atom. The first-order chi connectivity index (χ1) is 9.43. The zero-order valence-corrected chi connectivity index (χ0v) is 14.1. The molecule has 1 heterocycles. The number of nitrogens with zero attached hydrogens (tertiary/aromatic N) is 1. The highest BCUT2D eigenvalue weighted by Gasteiger charge is 2.29. The van der Waals surface area contributed by atoms with E-state index in [1.165, 1.54) is 0 Å². The van der Waals surface area contributed by atoms with E-state index in [2.05, 4.69) is 0 Å². The van der Waals surface area contributed by atoms with Gasteiger partial charge in [0.2, 0.25) is 10.0 Å². The smallest absolute Gasteiger partial charge is 0.212 e. The number of halogens is 1. The third kappa shape index (κ3) is 3.50. The third-order valence-corrected chi connectivity index (χ3v) is 7.44. The minimum Gasteiger partial charge on any atom is -0.212 e. The van der Waals surface area contributed by atoms with Crippen LogP contribution in [0.2, 0.25) is 5.02 Å². The fourth-order valence-corrected chi connectivity index (χ4v) is 5.30. The van der Waals surface area contributed by atoms with Gasteiger partial charge in [-0.3, -0.25) is 0 Å². The maximum atomic E-state index is 12.2. The summed E-state index contributed by atoms with van der Waals surface area (Å²) in [6.07, 6.45) is 0.806. The summed E-state index contributed by atoms with van der Waals surface area (Å²) in [5.41, 5.74) is 1.11. The van der Waals surface area contributed by atoms with E-state index in [0.29, 0.717) is 13.1 Å². The van der Waals surface area contributed by atoms with Gasteiger partial charge in [-0.15, -0.1) is 0 Å². The zero-order valence-electron chi connectivity index (χ0n) is 11.8. The van der Waals surface area contributed by atoms with Gasteiger partial charge in [0.15, 0.2) is 0 Å². The molecule has 1 aromatic rings. The Kier molecular flexibility index (Phi) is 5.40. The molecule has 0 amide bonds. The fourth-order valence-electron chi connectivity index (χ4n) is 2.29. The summed E-state index contributed by atoms with van der Waals surface area (Å²) in [6.45, 7) is 4.63. The Hall–Kier alpha value is -0.230. The molecule has 0 N–H and O–H groups in total. The quantitative estimate of drug-likeness (QED) is 0.848. The summed E-state index contributed by atoms with van der Waals surface area (Å²) in [5, 5.41) is 0.686. The van der Waals surface area contributed by atoms with Crippen molar-refractivity contribution in [3.8, 4) is 0 Å². The van der Waals surface area contributed by atoms with Crippen molar-refractivity contribution in [1.82, 2.24) is 4.31 Å². The molecule has 0 unspecified atom stereocenters. The third-order valence-electron chi connectivity index (χ3n) is 3.51. The molecule has 3 nitrogen and oxygen atoms in total. The molecular formula is C14H20ClNO2S2. The van der Waals surface area contributed by atoms with Crippen molar-refractivity contribution in [1.29, 1.82) is 0 Å². The summed E-state index contributed by atoms with van der Waals surface area (Å²) < 4.78 is 26.1. The largest absolute Gasteiger partial charge is 0.216 e. The van der Waals surface area contributed by atoms with Crippen molar-refractivity contribution < 1.29 is 8.42 Å². The van der Waals surface area contributed by atoms with E-state index in [0.717, 1.165) is 22.8 Å². The van der Waals surface area contributed by atoms with Crippen LogP contribution in [-0.2, 0) is 10.0 Å². The van der Waals surface area contributed by atoms with Crippen LogP contribution < -0.4 is 0 Å². The van der Waals surface area contributed by atoms with Crippen LogP contribution >= 0.6 is 23.4 Å². The Morgan fingerprint density at radius 1 is 1.30 bits per heavy atom. The Bertz CT molecular complexity index is 560. The van der Waals surface area contributed by atoms with Crippen molar-refractivity contribution in [3.63, 3.8) is 0 Å². The highest BCUT2D eigenvalue weighted by molar-refractivity contribution is 7.99. The highest BCUT2D eigenvalue weighted by Crippen LogP contribution is 2.38. The minimum atomic E-state index is -3.15. The van der Waals surface area contributed by atoms with Gasteiger partial charge in [0.25, 0.3) is 0 Å². The molecule has 1 aromatic carbocycles. The molecule has 0 saturated carbocycles. The lowest BCUT2D eigenvalue weighted by Gasteiger charge is -2.22. The zero-order chi connectivity index (χ0) is 14.8. The molecule has 112 valence electrons. The maximum Gasteiger partial charge on any atom is 0.216 e. The molecule has 6 heteroatoms. The Balaban J connectivity index is 2.12. The van der Waals surface area contributed by atoms with Crippen molar-refractivity contribution in [2.24, 2.45) is 0 Å². The number of benzene rings is 1. The molecule has 0 aliphatic carbocycles. The number of hydrogen-bond acceptors (Lipinski definition) is 3. The summed E-state index contributed by atoms with van der Waals surface area (Å²) in [6, 6.07) is 7.83. The Morgan fingerprint density at radius 3 is 2.65 bits per heavy atom. The molecule has 1 atom stereocenters.